The average Bonchev–Trinajstić information content (AvgIpc) is 2.72. The second-order valence-corrected chi connectivity index (χ2v) is 5.19. The Labute approximate surface area is 115 Å². The van der Waals surface area contributed by atoms with Crippen LogP contribution in [0.1, 0.15) is 29.4 Å². The molecule has 0 radical (unpaired) electrons. The highest BCUT2D eigenvalue weighted by atomic mass is 15.3. The van der Waals surface area contributed by atoms with E-state index in [0.717, 1.165) is 25.1 Å². The Morgan fingerprint density at radius 3 is 2.63 bits per heavy atom. The highest BCUT2D eigenvalue weighted by molar-refractivity contribution is 5.26. The van der Waals surface area contributed by atoms with Crippen LogP contribution in [-0.4, -0.2) is 15.8 Å². The van der Waals surface area contributed by atoms with Crippen molar-refractivity contribution in [2.75, 3.05) is 0 Å². The van der Waals surface area contributed by atoms with Crippen LogP contribution >= 0.6 is 0 Å². The fraction of sp³-hybridized carbons (Fsp3) is 0.438. The quantitative estimate of drug-likeness (QED) is 0.895. The Kier molecular flexibility index (Phi) is 4.38. The normalized spacial score (nSPS) is 12.6. The van der Waals surface area contributed by atoms with Crippen LogP contribution in [-0.2, 0) is 19.4 Å². The topological polar surface area (TPSA) is 43.8 Å². The summed E-state index contributed by atoms with van der Waals surface area (Å²) in [7, 11) is 0. The van der Waals surface area contributed by atoms with Crippen molar-refractivity contribution in [1.29, 1.82) is 0 Å². The molecule has 0 saturated heterocycles. The molecule has 3 nitrogen and oxygen atoms in total. The van der Waals surface area contributed by atoms with Gasteiger partial charge in [-0.15, -0.1) is 0 Å². The summed E-state index contributed by atoms with van der Waals surface area (Å²) in [6.45, 7) is 7.19. The highest BCUT2D eigenvalue weighted by Crippen LogP contribution is 2.12. The summed E-state index contributed by atoms with van der Waals surface area (Å²) in [5.74, 6) is 0. The van der Waals surface area contributed by atoms with Crippen molar-refractivity contribution < 1.29 is 0 Å². The lowest BCUT2D eigenvalue weighted by atomic mass is 9.99. The molecule has 2 N–H and O–H groups in total. The molecular weight excluding hydrogens is 234 g/mol. The minimum absolute atomic E-state index is 0.141. The molecule has 19 heavy (non-hydrogen) atoms. The molecule has 0 aliphatic rings. The molecule has 0 aliphatic heterocycles. The maximum atomic E-state index is 6.30. The van der Waals surface area contributed by atoms with E-state index in [2.05, 4.69) is 49.3 Å². The number of hydrogen-bond donors (Lipinski definition) is 1. The van der Waals surface area contributed by atoms with E-state index in [1.807, 2.05) is 11.6 Å². The fourth-order valence-electron chi connectivity index (χ4n) is 2.50. The Hall–Kier alpha value is -1.61. The van der Waals surface area contributed by atoms with E-state index in [0.29, 0.717) is 0 Å². The standard InChI is InChI=1S/C16H23N3/c1-4-19-16(9-13(3)18-19)11-15(17)10-14-8-6-5-7-12(14)2/h5-9,15H,4,10-11,17H2,1-3H3. The second kappa shape index (κ2) is 6.02. The molecule has 0 fully saturated rings. The molecule has 0 aliphatic carbocycles. The first-order valence-corrected chi connectivity index (χ1v) is 6.93. The predicted molar refractivity (Wildman–Crippen MR) is 79.2 cm³/mol. The predicted octanol–water partition coefficient (Wildman–Crippen LogP) is 2.63. The molecule has 0 spiro atoms. The molecule has 1 atom stereocenters. The maximum absolute atomic E-state index is 6.30. The van der Waals surface area contributed by atoms with Crippen LogP contribution < -0.4 is 5.73 Å². The van der Waals surface area contributed by atoms with Gasteiger partial charge in [0.1, 0.15) is 0 Å². The molecule has 0 saturated carbocycles. The smallest absolute Gasteiger partial charge is 0.0596 e. The second-order valence-electron chi connectivity index (χ2n) is 5.19. The van der Waals surface area contributed by atoms with Gasteiger partial charge in [0.25, 0.3) is 0 Å². The summed E-state index contributed by atoms with van der Waals surface area (Å²) >= 11 is 0. The number of nitrogens with two attached hydrogens (primary N) is 1. The number of aryl methyl sites for hydroxylation is 3. The van der Waals surface area contributed by atoms with Crippen LogP contribution in [0.5, 0.6) is 0 Å². The Morgan fingerprint density at radius 1 is 1.21 bits per heavy atom. The minimum atomic E-state index is 0.141. The van der Waals surface area contributed by atoms with E-state index in [1.54, 1.807) is 0 Å². The summed E-state index contributed by atoms with van der Waals surface area (Å²) in [5, 5.41) is 4.47. The molecule has 102 valence electrons. The minimum Gasteiger partial charge on any atom is -0.327 e. The first-order chi connectivity index (χ1) is 9.10. The van der Waals surface area contributed by atoms with E-state index < -0.39 is 0 Å². The van der Waals surface area contributed by atoms with Crippen molar-refractivity contribution in [1.82, 2.24) is 9.78 Å². The third kappa shape index (κ3) is 3.44. The van der Waals surface area contributed by atoms with E-state index in [4.69, 9.17) is 5.73 Å². The van der Waals surface area contributed by atoms with Crippen LogP contribution in [0.3, 0.4) is 0 Å². The molecule has 1 aromatic carbocycles. The zero-order valence-electron chi connectivity index (χ0n) is 12.1. The number of nitrogens with zero attached hydrogens (tertiary/aromatic N) is 2. The summed E-state index contributed by atoms with van der Waals surface area (Å²) in [4.78, 5) is 0. The van der Waals surface area contributed by atoms with Gasteiger partial charge in [0.15, 0.2) is 0 Å². The summed E-state index contributed by atoms with van der Waals surface area (Å²) in [6.07, 6.45) is 1.80. The van der Waals surface area contributed by atoms with Gasteiger partial charge in [0.2, 0.25) is 0 Å². The number of rotatable bonds is 5. The first kappa shape index (κ1) is 13.8. The number of hydrogen-bond acceptors (Lipinski definition) is 2. The van der Waals surface area contributed by atoms with E-state index in [-0.39, 0.29) is 6.04 Å². The lowest BCUT2D eigenvalue weighted by Crippen LogP contribution is -2.27. The van der Waals surface area contributed by atoms with Gasteiger partial charge in [-0.1, -0.05) is 24.3 Å². The van der Waals surface area contributed by atoms with E-state index >= 15 is 0 Å². The monoisotopic (exact) mass is 257 g/mol. The third-order valence-electron chi connectivity index (χ3n) is 3.50. The van der Waals surface area contributed by atoms with Crippen LogP contribution in [0.15, 0.2) is 30.3 Å². The molecule has 0 bridgehead atoms. The maximum Gasteiger partial charge on any atom is 0.0596 e. The van der Waals surface area contributed by atoms with Crippen molar-refractivity contribution in [3.05, 3.63) is 52.8 Å². The molecule has 1 unspecified atom stereocenters. The number of benzene rings is 1. The van der Waals surface area contributed by atoms with Crippen LogP contribution in [0, 0.1) is 13.8 Å². The van der Waals surface area contributed by atoms with Gasteiger partial charge >= 0.3 is 0 Å². The molecule has 2 rings (SSSR count). The largest absolute Gasteiger partial charge is 0.327 e. The van der Waals surface area contributed by atoms with Crippen LogP contribution in [0.4, 0.5) is 0 Å². The zero-order chi connectivity index (χ0) is 13.8. The SMILES string of the molecule is CCn1nc(C)cc1CC(N)Cc1ccccc1C. The van der Waals surface area contributed by atoms with Gasteiger partial charge in [-0.2, -0.15) is 5.10 Å². The van der Waals surface area contributed by atoms with Gasteiger partial charge in [0.05, 0.1) is 5.69 Å². The third-order valence-corrected chi connectivity index (χ3v) is 3.50. The van der Waals surface area contributed by atoms with E-state index in [1.165, 1.54) is 16.8 Å². The summed E-state index contributed by atoms with van der Waals surface area (Å²) in [5.41, 5.74) is 11.3. The average molecular weight is 257 g/mol. The van der Waals surface area contributed by atoms with Gasteiger partial charge in [-0.3, -0.25) is 4.68 Å². The van der Waals surface area contributed by atoms with Crippen LogP contribution in [0.25, 0.3) is 0 Å². The highest BCUT2D eigenvalue weighted by Gasteiger charge is 2.11. The first-order valence-electron chi connectivity index (χ1n) is 6.93. The van der Waals surface area contributed by atoms with Gasteiger partial charge in [-0.05, 0) is 44.4 Å². The Balaban J connectivity index is 2.05. The number of aromatic nitrogens is 2. The van der Waals surface area contributed by atoms with Gasteiger partial charge in [-0.25, -0.2) is 0 Å². The van der Waals surface area contributed by atoms with Gasteiger partial charge < -0.3 is 5.73 Å². The fourth-order valence-corrected chi connectivity index (χ4v) is 2.50. The summed E-state index contributed by atoms with van der Waals surface area (Å²) in [6, 6.07) is 10.7. The van der Waals surface area contributed by atoms with Crippen molar-refractivity contribution in [3.8, 4) is 0 Å². The zero-order valence-corrected chi connectivity index (χ0v) is 12.1. The Bertz CT molecular complexity index is 543. The van der Waals surface area contributed by atoms with Crippen LogP contribution in [0.2, 0.25) is 0 Å². The molecular formula is C16H23N3. The molecule has 1 heterocycles. The lowest BCUT2D eigenvalue weighted by molar-refractivity contribution is 0.574. The van der Waals surface area contributed by atoms with Crippen molar-refractivity contribution in [2.45, 2.75) is 46.2 Å². The van der Waals surface area contributed by atoms with Crippen molar-refractivity contribution >= 4 is 0 Å². The Morgan fingerprint density at radius 2 is 1.95 bits per heavy atom. The molecule has 3 heteroatoms. The van der Waals surface area contributed by atoms with Crippen molar-refractivity contribution in [3.63, 3.8) is 0 Å². The van der Waals surface area contributed by atoms with Gasteiger partial charge in [0, 0.05) is 24.7 Å². The lowest BCUT2D eigenvalue weighted by Gasteiger charge is -2.14. The molecule has 2 aromatic rings. The summed E-state index contributed by atoms with van der Waals surface area (Å²) < 4.78 is 2.05. The van der Waals surface area contributed by atoms with E-state index in [9.17, 15) is 0 Å². The molecule has 1 aromatic heterocycles. The molecule has 0 amide bonds. The van der Waals surface area contributed by atoms with Crippen molar-refractivity contribution in [2.24, 2.45) is 5.73 Å².